The third-order valence-corrected chi connectivity index (χ3v) is 1.03. The van der Waals surface area contributed by atoms with Crippen molar-refractivity contribution in [1.82, 2.24) is 4.98 Å². The minimum atomic E-state index is 0.669. The standard InChI is InChI=1S/C7H6N2.C2H6/c1-6-4-7(5-8)2-3-9-6;1-2/h2-4H,1H3;1-2H3. The van der Waals surface area contributed by atoms with Crippen LogP contribution in [0.25, 0.3) is 0 Å². The van der Waals surface area contributed by atoms with E-state index in [1.165, 1.54) is 0 Å². The number of nitriles is 1. The number of aromatic nitrogens is 1. The maximum atomic E-state index is 8.38. The van der Waals surface area contributed by atoms with Crippen molar-refractivity contribution in [3.63, 3.8) is 0 Å². The highest BCUT2D eigenvalue weighted by Gasteiger charge is 1.87. The highest BCUT2D eigenvalue weighted by molar-refractivity contribution is 5.27. The molecule has 0 fully saturated rings. The van der Waals surface area contributed by atoms with Crippen LogP contribution in [0.3, 0.4) is 0 Å². The number of rotatable bonds is 0. The van der Waals surface area contributed by atoms with Crippen LogP contribution in [-0.4, -0.2) is 4.98 Å². The van der Waals surface area contributed by atoms with Crippen molar-refractivity contribution in [2.75, 3.05) is 0 Å². The Kier molecular flexibility index (Phi) is 4.76. The molecule has 2 nitrogen and oxygen atoms in total. The van der Waals surface area contributed by atoms with Crippen LogP contribution >= 0.6 is 0 Å². The molecule has 0 atom stereocenters. The van der Waals surface area contributed by atoms with Crippen LogP contribution < -0.4 is 0 Å². The Balaban J connectivity index is 0.000000461. The van der Waals surface area contributed by atoms with E-state index in [-0.39, 0.29) is 0 Å². The highest BCUT2D eigenvalue weighted by Crippen LogP contribution is 1.96. The average Bonchev–Trinajstić information content (AvgIpc) is 2.08. The Morgan fingerprint density at radius 1 is 1.45 bits per heavy atom. The summed E-state index contributed by atoms with van der Waals surface area (Å²) in [6.45, 7) is 5.86. The van der Waals surface area contributed by atoms with Gasteiger partial charge in [0.2, 0.25) is 0 Å². The molecule has 0 bridgehead atoms. The van der Waals surface area contributed by atoms with E-state index in [1.807, 2.05) is 26.8 Å². The number of pyridine rings is 1. The summed E-state index contributed by atoms with van der Waals surface area (Å²) in [6, 6.07) is 5.47. The fourth-order valence-corrected chi connectivity index (χ4v) is 0.615. The quantitative estimate of drug-likeness (QED) is 0.566. The molecule has 58 valence electrons. The van der Waals surface area contributed by atoms with E-state index in [4.69, 9.17) is 5.26 Å². The SMILES string of the molecule is CC.Cc1cc(C#N)ccn1. The predicted octanol–water partition coefficient (Wildman–Crippen LogP) is 2.29. The fraction of sp³-hybridized carbons (Fsp3) is 0.333. The van der Waals surface area contributed by atoms with Crippen LogP contribution in [0, 0.1) is 18.3 Å². The topological polar surface area (TPSA) is 36.7 Å². The van der Waals surface area contributed by atoms with Crippen molar-refractivity contribution >= 4 is 0 Å². The van der Waals surface area contributed by atoms with E-state index in [1.54, 1.807) is 18.3 Å². The minimum Gasteiger partial charge on any atom is -0.262 e. The molecule has 1 rings (SSSR count). The molecule has 0 aliphatic rings. The normalized spacial score (nSPS) is 7.45. The number of hydrogen-bond donors (Lipinski definition) is 0. The van der Waals surface area contributed by atoms with E-state index >= 15 is 0 Å². The maximum absolute atomic E-state index is 8.38. The lowest BCUT2D eigenvalue weighted by Gasteiger charge is -1.87. The Morgan fingerprint density at radius 3 is 2.45 bits per heavy atom. The van der Waals surface area contributed by atoms with Crippen molar-refractivity contribution in [2.45, 2.75) is 20.8 Å². The van der Waals surface area contributed by atoms with E-state index in [9.17, 15) is 0 Å². The summed E-state index contributed by atoms with van der Waals surface area (Å²) in [5, 5.41) is 8.38. The van der Waals surface area contributed by atoms with Crippen LogP contribution in [0.2, 0.25) is 0 Å². The molecule has 0 saturated heterocycles. The van der Waals surface area contributed by atoms with Gasteiger partial charge in [0, 0.05) is 11.9 Å². The molecule has 0 aliphatic carbocycles. The molecule has 0 spiro atoms. The van der Waals surface area contributed by atoms with Crippen molar-refractivity contribution in [2.24, 2.45) is 0 Å². The highest BCUT2D eigenvalue weighted by atomic mass is 14.6. The van der Waals surface area contributed by atoms with E-state index in [0.29, 0.717) is 5.56 Å². The first kappa shape index (κ1) is 9.64. The molecule has 1 heterocycles. The maximum Gasteiger partial charge on any atom is 0.0992 e. The van der Waals surface area contributed by atoms with Gasteiger partial charge in [-0.15, -0.1) is 0 Å². The van der Waals surface area contributed by atoms with Gasteiger partial charge >= 0.3 is 0 Å². The van der Waals surface area contributed by atoms with Crippen LogP contribution in [0.4, 0.5) is 0 Å². The largest absolute Gasteiger partial charge is 0.262 e. The first-order valence-electron chi connectivity index (χ1n) is 3.65. The van der Waals surface area contributed by atoms with Gasteiger partial charge in [-0.2, -0.15) is 5.26 Å². The summed E-state index contributed by atoms with van der Waals surface area (Å²) in [7, 11) is 0. The van der Waals surface area contributed by atoms with Crippen molar-refractivity contribution in [3.05, 3.63) is 29.6 Å². The van der Waals surface area contributed by atoms with Gasteiger partial charge in [0.15, 0.2) is 0 Å². The lowest BCUT2D eigenvalue weighted by atomic mass is 10.2. The summed E-state index contributed by atoms with van der Waals surface area (Å²) in [5.74, 6) is 0. The zero-order valence-electron chi connectivity index (χ0n) is 7.13. The molecular weight excluding hydrogens is 136 g/mol. The molecule has 0 radical (unpaired) electrons. The van der Waals surface area contributed by atoms with Gasteiger partial charge in [-0.25, -0.2) is 0 Å². The van der Waals surface area contributed by atoms with Crippen LogP contribution in [-0.2, 0) is 0 Å². The average molecular weight is 148 g/mol. The second-order valence-corrected chi connectivity index (χ2v) is 1.80. The minimum absolute atomic E-state index is 0.669. The van der Waals surface area contributed by atoms with Gasteiger partial charge in [0.25, 0.3) is 0 Å². The summed E-state index contributed by atoms with van der Waals surface area (Å²) in [6.07, 6.45) is 1.63. The summed E-state index contributed by atoms with van der Waals surface area (Å²) in [4.78, 5) is 3.94. The molecular formula is C9H12N2. The molecule has 1 aromatic heterocycles. The Labute approximate surface area is 67.5 Å². The predicted molar refractivity (Wildman–Crippen MR) is 45.0 cm³/mol. The lowest BCUT2D eigenvalue weighted by Crippen LogP contribution is -1.79. The van der Waals surface area contributed by atoms with Crippen molar-refractivity contribution in [3.8, 4) is 6.07 Å². The number of nitrogens with zero attached hydrogens (tertiary/aromatic N) is 2. The van der Waals surface area contributed by atoms with Crippen LogP contribution in [0.1, 0.15) is 25.1 Å². The van der Waals surface area contributed by atoms with E-state index < -0.39 is 0 Å². The number of hydrogen-bond acceptors (Lipinski definition) is 2. The molecule has 0 aromatic carbocycles. The molecule has 0 N–H and O–H groups in total. The van der Waals surface area contributed by atoms with Gasteiger partial charge in [-0.3, -0.25) is 4.98 Å². The third-order valence-electron chi connectivity index (χ3n) is 1.03. The second-order valence-electron chi connectivity index (χ2n) is 1.80. The van der Waals surface area contributed by atoms with E-state index in [0.717, 1.165) is 5.69 Å². The molecule has 1 aromatic rings. The smallest absolute Gasteiger partial charge is 0.0992 e. The van der Waals surface area contributed by atoms with Gasteiger partial charge in [-0.05, 0) is 19.1 Å². The third kappa shape index (κ3) is 3.36. The molecule has 2 heteroatoms. The number of aryl methyl sites for hydroxylation is 1. The van der Waals surface area contributed by atoms with Gasteiger partial charge in [0.05, 0.1) is 11.6 Å². The van der Waals surface area contributed by atoms with E-state index in [2.05, 4.69) is 4.98 Å². The van der Waals surface area contributed by atoms with Crippen molar-refractivity contribution in [1.29, 1.82) is 5.26 Å². The Morgan fingerprint density at radius 2 is 2.09 bits per heavy atom. The monoisotopic (exact) mass is 148 g/mol. The Bertz CT molecular complexity index is 248. The van der Waals surface area contributed by atoms with Crippen molar-refractivity contribution < 1.29 is 0 Å². The molecule has 11 heavy (non-hydrogen) atoms. The summed E-state index contributed by atoms with van der Waals surface area (Å²) >= 11 is 0. The molecule has 0 amide bonds. The fourth-order valence-electron chi connectivity index (χ4n) is 0.615. The summed E-state index contributed by atoms with van der Waals surface area (Å²) < 4.78 is 0. The van der Waals surface area contributed by atoms with Crippen LogP contribution in [0.15, 0.2) is 18.3 Å². The molecule has 0 unspecified atom stereocenters. The Hall–Kier alpha value is -1.36. The molecule has 0 aliphatic heterocycles. The second kappa shape index (κ2) is 5.43. The van der Waals surface area contributed by atoms with Gasteiger partial charge in [-0.1, -0.05) is 13.8 Å². The van der Waals surface area contributed by atoms with Gasteiger partial charge in [0.1, 0.15) is 0 Å². The first-order chi connectivity index (χ1) is 5.33. The first-order valence-corrected chi connectivity index (χ1v) is 3.65. The van der Waals surface area contributed by atoms with Gasteiger partial charge < -0.3 is 0 Å². The van der Waals surface area contributed by atoms with Crippen LogP contribution in [0.5, 0.6) is 0 Å². The zero-order chi connectivity index (χ0) is 8.69. The summed E-state index contributed by atoms with van der Waals surface area (Å²) in [5.41, 5.74) is 1.55. The lowest BCUT2D eigenvalue weighted by molar-refractivity contribution is 1.19. The molecule has 0 saturated carbocycles. The zero-order valence-corrected chi connectivity index (χ0v) is 7.13.